The summed E-state index contributed by atoms with van der Waals surface area (Å²) < 4.78 is 19.4. The molecule has 0 spiro atoms. The SMILES string of the molecule is CC(C)COC(=O)C1(O)CCN(C2CCN(Cc3ccc([N+](=O)[O-])cc3F)CC2)CC1. The Labute approximate surface area is 182 Å². The lowest BCUT2D eigenvalue weighted by molar-refractivity contribution is -0.385. The number of ether oxygens (including phenoxy) is 1. The first-order valence-corrected chi connectivity index (χ1v) is 11.0. The van der Waals surface area contributed by atoms with E-state index >= 15 is 0 Å². The Kier molecular flexibility index (Phi) is 7.61. The second kappa shape index (κ2) is 10.0. The first-order chi connectivity index (χ1) is 14.7. The highest BCUT2D eigenvalue weighted by atomic mass is 19.1. The predicted molar refractivity (Wildman–Crippen MR) is 113 cm³/mol. The van der Waals surface area contributed by atoms with Crippen molar-refractivity contribution in [3.05, 3.63) is 39.7 Å². The van der Waals surface area contributed by atoms with Crippen molar-refractivity contribution < 1.29 is 24.0 Å². The maximum atomic E-state index is 14.2. The number of hydrogen-bond donors (Lipinski definition) is 1. The van der Waals surface area contributed by atoms with E-state index in [4.69, 9.17) is 4.74 Å². The monoisotopic (exact) mass is 437 g/mol. The Morgan fingerprint density at radius 2 is 1.94 bits per heavy atom. The highest BCUT2D eigenvalue weighted by Gasteiger charge is 2.42. The molecule has 2 aliphatic heterocycles. The van der Waals surface area contributed by atoms with Gasteiger partial charge in [0.2, 0.25) is 0 Å². The number of nitrogens with zero attached hydrogens (tertiary/aromatic N) is 3. The minimum absolute atomic E-state index is 0.234. The summed E-state index contributed by atoms with van der Waals surface area (Å²) >= 11 is 0. The van der Waals surface area contributed by atoms with Crippen molar-refractivity contribution in [2.75, 3.05) is 32.8 Å². The smallest absolute Gasteiger partial charge is 0.338 e. The van der Waals surface area contributed by atoms with Crippen molar-refractivity contribution in [2.45, 2.75) is 57.7 Å². The van der Waals surface area contributed by atoms with Crippen LogP contribution < -0.4 is 0 Å². The molecule has 2 saturated heterocycles. The summed E-state index contributed by atoms with van der Waals surface area (Å²) in [6.07, 6.45) is 2.59. The molecule has 0 atom stereocenters. The Hall–Kier alpha value is -2.10. The summed E-state index contributed by atoms with van der Waals surface area (Å²) in [4.78, 5) is 26.9. The van der Waals surface area contributed by atoms with Crippen LogP contribution in [0.5, 0.6) is 0 Å². The van der Waals surface area contributed by atoms with E-state index in [9.17, 15) is 24.4 Å². The largest absolute Gasteiger partial charge is 0.463 e. The third kappa shape index (κ3) is 5.99. The van der Waals surface area contributed by atoms with E-state index in [2.05, 4.69) is 9.80 Å². The predicted octanol–water partition coefficient (Wildman–Crippen LogP) is 2.72. The molecule has 0 aliphatic carbocycles. The zero-order chi connectivity index (χ0) is 22.6. The summed E-state index contributed by atoms with van der Waals surface area (Å²) in [5.74, 6) is -0.825. The first kappa shape index (κ1) is 23.6. The number of carbonyl (C=O) groups is 1. The van der Waals surface area contributed by atoms with Crippen molar-refractivity contribution in [2.24, 2.45) is 5.92 Å². The van der Waals surface area contributed by atoms with E-state index in [0.29, 0.717) is 50.7 Å². The van der Waals surface area contributed by atoms with Crippen LogP contribution in [0.2, 0.25) is 0 Å². The zero-order valence-electron chi connectivity index (χ0n) is 18.3. The number of hydrogen-bond acceptors (Lipinski definition) is 7. The Morgan fingerprint density at radius 3 is 2.48 bits per heavy atom. The number of likely N-dealkylation sites (tertiary alicyclic amines) is 2. The molecule has 31 heavy (non-hydrogen) atoms. The summed E-state index contributed by atoms with van der Waals surface area (Å²) in [7, 11) is 0. The molecule has 0 radical (unpaired) electrons. The zero-order valence-corrected chi connectivity index (χ0v) is 18.3. The summed E-state index contributed by atoms with van der Waals surface area (Å²) in [6.45, 7) is 7.57. The van der Waals surface area contributed by atoms with Crippen LogP contribution in [-0.4, -0.2) is 70.2 Å². The van der Waals surface area contributed by atoms with Gasteiger partial charge in [0, 0.05) is 37.3 Å². The topological polar surface area (TPSA) is 96.2 Å². The molecule has 3 rings (SSSR count). The van der Waals surface area contributed by atoms with E-state index < -0.39 is 22.3 Å². The van der Waals surface area contributed by atoms with E-state index in [0.717, 1.165) is 32.0 Å². The van der Waals surface area contributed by atoms with Gasteiger partial charge in [0.15, 0.2) is 5.60 Å². The highest BCUT2D eigenvalue weighted by molar-refractivity contribution is 5.79. The lowest BCUT2D eigenvalue weighted by Crippen LogP contribution is -2.54. The fourth-order valence-electron chi connectivity index (χ4n) is 4.30. The quantitative estimate of drug-likeness (QED) is 0.398. The van der Waals surface area contributed by atoms with Gasteiger partial charge in [-0.15, -0.1) is 0 Å². The van der Waals surface area contributed by atoms with E-state index in [-0.39, 0.29) is 11.6 Å². The molecule has 172 valence electrons. The second-order valence-electron chi connectivity index (χ2n) is 9.10. The van der Waals surface area contributed by atoms with Crippen LogP contribution in [0.3, 0.4) is 0 Å². The van der Waals surface area contributed by atoms with Gasteiger partial charge < -0.3 is 14.7 Å². The van der Waals surface area contributed by atoms with Gasteiger partial charge in [-0.1, -0.05) is 13.8 Å². The molecule has 2 heterocycles. The number of esters is 1. The molecule has 0 saturated carbocycles. The van der Waals surface area contributed by atoms with Crippen molar-refractivity contribution >= 4 is 11.7 Å². The Morgan fingerprint density at radius 1 is 1.29 bits per heavy atom. The maximum Gasteiger partial charge on any atom is 0.338 e. The van der Waals surface area contributed by atoms with Gasteiger partial charge in [0.25, 0.3) is 5.69 Å². The average molecular weight is 438 g/mol. The first-order valence-electron chi connectivity index (χ1n) is 11.0. The van der Waals surface area contributed by atoms with Gasteiger partial charge in [0.05, 0.1) is 17.6 Å². The lowest BCUT2D eigenvalue weighted by Gasteiger charge is -2.43. The van der Waals surface area contributed by atoms with Gasteiger partial charge in [-0.3, -0.25) is 15.0 Å². The van der Waals surface area contributed by atoms with Crippen LogP contribution in [0.25, 0.3) is 0 Å². The standard InChI is InChI=1S/C22H32FN3O5/c1-16(2)15-31-21(27)22(28)7-11-25(12-8-22)18-5-9-24(10-6-18)14-17-3-4-19(26(29)30)13-20(17)23/h3-4,13,16,18,28H,5-12,14-15H2,1-2H3. The Bertz CT molecular complexity index is 787. The molecule has 9 heteroatoms. The molecular formula is C22H32FN3O5. The van der Waals surface area contributed by atoms with Gasteiger partial charge in [-0.2, -0.15) is 0 Å². The van der Waals surface area contributed by atoms with E-state index in [1.807, 2.05) is 13.8 Å². The van der Waals surface area contributed by atoms with Crippen LogP contribution in [0, 0.1) is 21.8 Å². The summed E-state index contributed by atoms with van der Waals surface area (Å²) in [5, 5.41) is 21.4. The van der Waals surface area contributed by atoms with Crippen molar-refractivity contribution in [1.29, 1.82) is 0 Å². The van der Waals surface area contributed by atoms with E-state index in [1.165, 1.54) is 12.1 Å². The molecule has 0 amide bonds. The van der Waals surface area contributed by atoms with E-state index in [1.54, 1.807) is 0 Å². The van der Waals surface area contributed by atoms with Gasteiger partial charge in [-0.05, 0) is 50.8 Å². The van der Waals surface area contributed by atoms with Crippen LogP contribution in [0.15, 0.2) is 18.2 Å². The molecule has 0 unspecified atom stereocenters. The molecule has 0 aromatic heterocycles. The molecule has 2 fully saturated rings. The summed E-state index contributed by atoms with van der Waals surface area (Å²) in [5.41, 5.74) is -1.16. The van der Waals surface area contributed by atoms with Crippen molar-refractivity contribution in [3.63, 3.8) is 0 Å². The number of aliphatic hydroxyl groups is 1. The number of carbonyl (C=O) groups excluding carboxylic acids is 1. The molecule has 2 aliphatic rings. The number of piperidine rings is 2. The molecular weight excluding hydrogens is 405 g/mol. The van der Waals surface area contributed by atoms with Gasteiger partial charge in [-0.25, -0.2) is 9.18 Å². The number of nitro benzene ring substituents is 1. The number of halogens is 1. The number of non-ortho nitro benzene ring substituents is 1. The van der Waals surface area contributed by atoms with Crippen LogP contribution in [0.4, 0.5) is 10.1 Å². The minimum Gasteiger partial charge on any atom is -0.463 e. The third-order valence-electron chi connectivity index (χ3n) is 6.27. The van der Waals surface area contributed by atoms with Gasteiger partial charge >= 0.3 is 5.97 Å². The second-order valence-corrected chi connectivity index (χ2v) is 9.10. The lowest BCUT2D eigenvalue weighted by atomic mass is 9.89. The molecule has 8 nitrogen and oxygen atoms in total. The molecule has 1 aromatic rings. The molecule has 1 N–H and O–H groups in total. The number of rotatable bonds is 7. The average Bonchev–Trinajstić information content (AvgIpc) is 2.74. The van der Waals surface area contributed by atoms with Crippen LogP contribution in [-0.2, 0) is 16.1 Å². The molecule has 0 bridgehead atoms. The minimum atomic E-state index is -1.39. The van der Waals surface area contributed by atoms with Crippen molar-refractivity contribution in [3.8, 4) is 0 Å². The third-order valence-corrected chi connectivity index (χ3v) is 6.27. The Balaban J connectivity index is 1.45. The summed E-state index contributed by atoms with van der Waals surface area (Å²) in [6, 6.07) is 4.17. The van der Waals surface area contributed by atoms with Gasteiger partial charge in [0.1, 0.15) is 5.82 Å². The van der Waals surface area contributed by atoms with Crippen LogP contribution >= 0.6 is 0 Å². The fourth-order valence-corrected chi connectivity index (χ4v) is 4.30. The van der Waals surface area contributed by atoms with Crippen molar-refractivity contribution in [1.82, 2.24) is 9.80 Å². The maximum absolute atomic E-state index is 14.2. The highest BCUT2D eigenvalue weighted by Crippen LogP contribution is 2.28. The fraction of sp³-hybridized carbons (Fsp3) is 0.682. The molecule has 1 aromatic carbocycles. The number of benzene rings is 1. The number of nitro groups is 1. The normalized spacial score (nSPS) is 20.7. The van der Waals surface area contributed by atoms with Crippen LogP contribution in [0.1, 0.15) is 45.1 Å².